The Morgan fingerprint density at radius 3 is 3.11 bits per heavy atom. The summed E-state index contributed by atoms with van der Waals surface area (Å²) < 4.78 is 0. The first-order valence-electron chi connectivity index (χ1n) is 7.16. The van der Waals surface area contributed by atoms with Crippen molar-refractivity contribution in [1.82, 2.24) is 15.3 Å². The lowest BCUT2D eigenvalue weighted by Crippen LogP contribution is -2.45. The minimum atomic E-state index is -0.0654. The molecule has 2 N–H and O–H groups in total. The number of hydrogen-bond acceptors (Lipinski definition) is 4. The monoisotopic (exact) mass is 264 g/mol. The van der Waals surface area contributed by atoms with E-state index in [-0.39, 0.29) is 5.56 Å². The van der Waals surface area contributed by atoms with Crippen LogP contribution in [0.1, 0.15) is 32.5 Å². The van der Waals surface area contributed by atoms with Gasteiger partial charge in [-0.2, -0.15) is 0 Å². The molecule has 2 unspecified atom stereocenters. The highest BCUT2D eigenvalue weighted by Crippen LogP contribution is 2.23. The molecule has 0 bridgehead atoms. The van der Waals surface area contributed by atoms with E-state index in [1.165, 1.54) is 6.42 Å². The van der Waals surface area contributed by atoms with Gasteiger partial charge in [-0.1, -0.05) is 6.92 Å². The zero-order valence-corrected chi connectivity index (χ0v) is 12.1. The van der Waals surface area contributed by atoms with E-state index in [4.69, 9.17) is 0 Å². The van der Waals surface area contributed by atoms with Crippen molar-refractivity contribution in [3.05, 3.63) is 22.2 Å². The summed E-state index contributed by atoms with van der Waals surface area (Å²) in [6.45, 7) is 9.18. The second kappa shape index (κ2) is 6.19. The lowest BCUT2D eigenvalue weighted by atomic mass is 9.91. The van der Waals surface area contributed by atoms with E-state index >= 15 is 0 Å². The molecule has 2 atom stereocenters. The van der Waals surface area contributed by atoms with Crippen LogP contribution in [-0.2, 0) is 0 Å². The number of piperidine rings is 1. The Labute approximate surface area is 114 Å². The molecule has 1 saturated heterocycles. The molecule has 1 aromatic rings. The standard InChI is InChI=1S/C14H24N4O/c1-4-15-10(2)12-6-5-7-18(9-12)13-8-14(19)17-11(3)16-13/h8,10,12,15H,4-7,9H2,1-3H3,(H,16,17,19). The summed E-state index contributed by atoms with van der Waals surface area (Å²) in [6.07, 6.45) is 2.40. The van der Waals surface area contributed by atoms with Crippen LogP contribution >= 0.6 is 0 Å². The summed E-state index contributed by atoms with van der Waals surface area (Å²) >= 11 is 0. The maximum Gasteiger partial charge on any atom is 0.252 e. The average Bonchev–Trinajstić information content (AvgIpc) is 2.38. The summed E-state index contributed by atoms with van der Waals surface area (Å²) in [5.74, 6) is 2.12. The van der Waals surface area contributed by atoms with Crippen molar-refractivity contribution in [3.63, 3.8) is 0 Å². The molecular formula is C14H24N4O. The molecule has 0 aromatic carbocycles. The number of aromatic nitrogens is 2. The SMILES string of the molecule is CCNC(C)C1CCCN(c2cc(=O)[nH]c(C)n2)C1. The molecule has 106 valence electrons. The normalized spacial score (nSPS) is 21.4. The fourth-order valence-electron chi connectivity index (χ4n) is 2.84. The van der Waals surface area contributed by atoms with Gasteiger partial charge in [0.2, 0.25) is 0 Å². The van der Waals surface area contributed by atoms with Gasteiger partial charge in [-0.05, 0) is 39.2 Å². The van der Waals surface area contributed by atoms with E-state index < -0.39 is 0 Å². The maximum absolute atomic E-state index is 11.5. The van der Waals surface area contributed by atoms with Gasteiger partial charge in [0.15, 0.2) is 0 Å². The van der Waals surface area contributed by atoms with Crippen LogP contribution in [0, 0.1) is 12.8 Å². The molecule has 2 rings (SSSR count). The van der Waals surface area contributed by atoms with Gasteiger partial charge in [0.05, 0.1) is 0 Å². The Balaban J connectivity index is 2.10. The first-order chi connectivity index (χ1) is 9.10. The molecule has 1 fully saturated rings. The number of aromatic amines is 1. The maximum atomic E-state index is 11.5. The Hall–Kier alpha value is -1.36. The summed E-state index contributed by atoms with van der Waals surface area (Å²) in [5.41, 5.74) is -0.0654. The molecule has 1 aromatic heterocycles. The third-order valence-corrected chi connectivity index (χ3v) is 3.86. The summed E-state index contributed by atoms with van der Waals surface area (Å²) in [7, 11) is 0. The minimum absolute atomic E-state index is 0.0654. The fourth-order valence-corrected chi connectivity index (χ4v) is 2.84. The summed E-state index contributed by atoms with van der Waals surface area (Å²) in [4.78, 5) is 20.9. The molecule has 5 nitrogen and oxygen atoms in total. The van der Waals surface area contributed by atoms with Crippen LogP contribution in [0.3, 0.4) is 0 Å². The molecule has 5 heteroatoms. The van der Waals surface area contributed by atoms with E-state index in [0.717, 1.165) is 31.9 Å². The Kier molecular flexibility index (Phi) is 4.58. The molecule has 0 amide bonds. The average molecular weight is 264 g/mol. The number of rotatable bonds is 4. The van der Waals surface area contributed by atoms with Crippen LogP contribution in [0.2, 0.25) is 0 Å². The van der Waals surface area contributed by atoms with E-state index in [1.54, 1.807) is 6.07 Å². The quantitative estimate of drug-likeness (QED) is 0.860. The highest BCUT2D eigenvalue weighted by atomic mass is 16.1. The molecule has 0 spiro atoms. The largest absolute Gasteiger partial charge is 0.356 e. The van der Waals surface area contributed by atoms with Crippen molar-refractivity contribution in [2.75, 3.05) is 24.5 Å². The highest BCUT2D eigenvalue weighted by Gasteiger charge is 2.25. The van der Waals surface area contributed by atoms with Gasteiger partial charge in [-0.25, -0.2) is 4.98 Å². The van der Waals surface area contributed by atoms with Crippen molar-refractivity contribution in [1.29, 1.82) is 0 Å². The Morgan fingerprint density at radius 2 is 2.42 bits per heavy atom. The van der Waals surface area contributed by atoms with E-state index in [1.807, 2.05) is 6.92 Å². The fraction of sp³-hybridized carbons (Fsp3) is 0.714. The molecule has 1 aliphatic rings. The van der Waals surface area contributed by atoms with Gasteiger partial charge < -0.3 is 15.2 Å². The third-order valence-electron chi connectivity index (χ3n) is 3.86. The summed E-state index contributed by atoms with van der Waals surface area (Å²) in [5, 5.41) is 3.49. The predicted molar refractivity (Wildman–Crippen MR) is 77.7 cm³/mol. The van der Waals surface area contributed by atoms with E-state index in [0.29, 0.717) is 17.8 Å². The predicted octanol–water partition coefficient (Wildman–Crippen LogP) is 1.29. The number of nitrogens with one attached hydrogen (secondary N) is 2. The number of hydrogen-bond donors (Lipinski definition) is 2. The van der Waals surface area contributed by atoms with Crippen LogP contribution < -0.4 is 15.8 Å². The van der Waals surface area contributed by atoms with Gasteiger partial charge in [0, 0.05) is 25.2 Å². The zero-order chi connectivity index (χ0) is 13.8. The van der Waals surface area contributed by atoms with Crippen molar-refractivity contribution in [2.24, 2.45) is 5.92 Å². The van der Waals surface area contributed by atoms with E-state index in [9.17, 15) is 4.79 Å². The molecule has 0 radical (unpaired) electrons. The lowest BCUT2D eigenvalue weighted by molar-refractivity contribution is 0.323. The number of anilines is 1. The lowest BCUT2D eigenvalue weighted by Gasteiger charge is -2.36. The number of H-pyrrole nitrogens is 1. The third kappa shape index (κ3) is 3.56. The first kappa shape index (κ1) is 14.1. The van der Waals surface area contributed by atoms with Crippen molar-refractivity contribution < 1.29 is 0 Å². The molecule has 0 aliphatic carbocycles. The van der Waals surface area contributed by atoms with Gasteiger partial charge in [-0.15, -0.1) is 0 Å². The summed E-state index contributed by atoms with van der Waals surface area (Å²) in [6, 6.07) is 2.11. The van der Waals surface area contributed by atoms with Crippen LogP contribution in [0.15, 0.2) is 10.9 Å². The Morgan fingerprint density at radius 1 is 1.63 bits per heavy atom. The van der Waals surface area contributed by atoms with Crippen molar-refractivity contribution >= 4 is 5.82 Å². The minimum Gasteiger partial charge on any atom is -0.356 e. The van der Waals surface area contributed by atoms with Crippen LogP contribution in [0.25, 0.3) is 0 Å². The molecule has 0 saturated carbocycles. The topological polar surface area (TPSA) is 61.0 Å². The molecular weight excluding hydrogens is 240 g/mol. The molecule has 2 heterocycles. The zero-order valence-electron chi connectivity index (χ0n) is 12.1. The van der Waals surface area contributed by atoms with Crippen molar-refractivity contribution in [3.8, 4) is 0 Å². The van der Waals surface area contributed by atoms with Gasteiger partial charge in [0.1, 0.15) is 11.6 Å². The Bertz CT molecular complexity index is 471. The van der Waals surface area contributed by atoms with Gasteiger partial charge in [0.25, 0.3) is 5.56 Å². The second-order valence-electron chi connectivity index (χ2n) is 5.38. The highest BCUT2D eigenvalue weighted by molar-refractivity contribution is 5.38. The molecule has 1 aliphatic heterocycles. The smallest absolute Gasteiger partial charge is 0.252 e. The second-order valence-corrected chi connectivity index (χ2v) is 5.38. The van der Waals surface area contributed by atoms with Gasteiger partial charge in [-0.3, -0.25) is 4.79 Å². The van der Waals surface area contributed by atoms with Gasteiger partial charge >= 0.3 is 0 Å². The molecule has 19 heavy (non-hydrogen) atoms. The van der Waals surface area contributed by atoms with Crippen LogP contribution in [-0.4, -0.2) is 35.6 Å². The first-order valence-corrected chi connectivity index (χ1v) is 7.16. The van der Waals surface area contributed by atoms with Crippen molar-refractivity contribution in [2.45, 2.75) is 39.7 Å². The van der Waals surface area contributed by atoms with Crippen LogP contribution in [0.5, 0.6) is 0 Å². The number of nitrogens with zero attached hydrogens (tertiary/aromatic N) is 2. The van der Waals surface area contributed by atoms with E-state index in [2.05, 4.69) is 34.0 Å². The van der Waals surface area contributed by atoms with Crippen LogP contribution in [0.4, 0.5) is 5.82 Å². The number of aryl methyl sites for hydroxylation is 1.